The molecule has 10 heteroatoms. The summed E-state index contributed by atoms with van der Waals surface area (Å²) in [5.74, 6) is -1.27. The lowest BCUT2D eigenvalue weighted by molar-refractivity contribution is -0.141. The summed E-state index contributed by atoms with van der Waals surface area (Å²) in [5.41, 5.74) is 4.81. The molecule has 0 aliphatic carbocycles. The maximum Gasteiger partial charge on any atom is 0.435 e. The van der Waals surface area contributed by atoms with Crippen LogP contribution in [0.5, 0.6) is 0 Å². The number of likely N-dealkylation sites (tertiary alicyclic amines) is 1. The Labute approximate surface area is 159 Å². The molecule has 1 fully saturated rings. The molecule has 2 amide bonds. The van der Waals surface area contributed by atoms with Crippen molar-refractivity contribution in [2.24, 2.45) is 12.8 Å². The zero-order valence-electron chi connectivity index (χ0n) is 15.2. The molecule has 1 unspecified atom stereocenters. The Bertz CT molecular complexity index is 894. The first-order valence-corrected chi connectivity index (χ1v) is 8.69. The van der Waals surface area contributed by atoms with Crippen LogP contribution in [-0.4, -0.2) is 39.1 Å². The third kappa shape index (κ3) is 4.33. The number of aryl methyl sites for hydroxylation is 1. The number of carbonyl (C=O) groups is 2. The van der Waals surface area contributed by atoms with E-state index in [2.05, 4.69) is 10.4 Å². The number of aromatic nitrogens is 2. The van der Waals surface area contributed by atoms with Gasteiger partial charge < -0.3 is 11.1 Å². The Morgan fingerprint density at radius 3 is 2.79 bits per heavy atom. The van der Waals surface area contributed by atoms with Gasteiger partial charge in [0.25, 0.3) is 5.91 Å². The fourth-order valence-electron chi connectivity index (χ4n) is 3.38. The molecule has 2 aromatic rings. The molecule has 7 nitrogen and oxygen atoms in total. The third-order valence-electron chi connectivity index (χ3n) is 4.60. The first kappa shape index (κ1) is 19.9. The molecule has 0 spiro atoms. The molecule has 1 aromatic heterocycles. The number of nitrogens with one attached hydrogen (secondary N) is 1. The summed E-state index contributed by atoms with van der Waals surface area (Å²) in [7, 11) is 1.32. The number of alkyl halides is 3. The second-order valence-corrected chi connectivity index (χ2v) is 6.75. The van der Waals surface area contributed by atoms with Gasteiger partial charge in [0.2, 0.25) is 5.91 Å². The maximum absolute atomic E-state index is 13.1. The predicted molar refractivity (Wildman–Crippen MR) is 95.2 cm³/mol. The normalized spacial score (nSPS) is 17.6. The van der Waals surface area contributed by atoms with Gasteiger partial charge >= 0.3 is 6.18 Å². The summed E-state index contributed by atoms with van der Waals surface area (Å²) in [6.45, 7) is 1.19. The van der Waals surface area contributed by atoms with Crippen molar-refractivity contribution in [3.8, 4) is 0 Å². The Kier molecular flexibility index (Phi) is 5.41. The van der Waals surface area contributed by atoms with E-state index in [1.807, 2.05) is 11.0 Å². The maximum atomic E-state index is 13.1. The number of carbonyl (C=O) groups excluding carboxylic acids is 2. The van der Waals surface area contributed by atoms with E-state index < -0.39 is 23.3 Å². The van der Waals surface area contributed by atoms with E-state index in [4.69, 9.17) is 5.73 Å². The van der Waals surface area contributed by atoms with Crippen molar-refractivity contribution in [3.05, 3.63) is 47.3 Å². The van der Waals surface area contributed by atoms with E-state index in [0.29, 0.717) is 18.7 Å². The molecule has 1 saturated heterocycles. The molecule has 1 atom stereocenters. The summed E-state index contributed by atoms with van der Waals surface area (Å²) in [6, 6.07) is 6.42. The third-order valence-corrected chi connectivity index (χ3v) is 4.60. The van der Waals surface area contributed by atoms with Crippen molar-refractivity contribution in [1.29, 1.82) is 0 Å². The second-order valence-electron chi connectivity index (χ2n) is 6.75. The fraction of sp³-hybridized carbons (Fsp3) is 0.389. The number of halogens is 3. The van der Waals surface area contributed by atoms with Crippen LogP contribution < -0.4 is 11.1 Å². The molecular weight excluding hydrogens is 375 g/mol. The highest BCUT2D eigenvalue weighted by atomic mass is 19.4. The molecule has 0 saturated carbocycles. The predicted octanol–water partition coefficient (Wildman–Crippen LogP) is 2.14. The fourth-order valence-corrected chi connectivity index (χ4v) is 3.38. The number of anilines is 1. The number of amides is 2. The van der Waals surface area contributed by atoms with Crippen molar-refractivity contribution in [2.75, 3.05) is 11.9 Å². The highest BCUT2D eigenvalue weighted by Crippen LogP contribution is 2.31. The average Bonchev–Trinajstić information content (AvgIpc) is 3.21. The Hall–Kier alpha value is -2.88. The zero-order valence-corrected chi connectivity index (χ0v) is 15.2. The average molecular weight is 395 g/mol. The lowest BCUT2D eigenvalue weighted by atomic mass is 10.1. The first-order valence-electron chi connectivity index (χ1n) is 8.69. The zero-order chi connectivity index (χ0) is 20.5. The van der Waals surface area contributed by atoms with Crippen molar-refractivity contribution in [2.45, 2.75) is 31.6 Å². The van der Waals surface area contributed by atoms with E-state index >= 15 is 0 Å². The van der Waals surface area contributed by atoms with Crippen molar-refractivity contribution in [1.82, 2.24) is 14.7 Å². The summed E-state index contributed by atoms with van der Waals surface area (Å²) < 4.78 is 40.1. The van der Waals surface area contributed by atoms with Gasteiger partial charge in [-0.15, -0.1) is 0 Å². The molecule has 0 bridgehead atoms. The molecular formula is C18H20F3N5O2. The van der Waals surface area contributed by atoms with Crippen LogP contribution in [0.15, 0.2) is 30.5 Å². The Morgan fingerprint density at radius 1 is 1.36 bits per heavy atom. The Morgan fingerprint density at radius 2 is 2.11 bits per heavy atom. The van der Waals surface area contributed by atoms with Gasteiger partial charge in [0.05, 0.1) is 11.6 Å². The number of benzene rings is 1. The van der Waals surface area contributed by atoms with Crippen LogP contribution >= 0.6 is 0 Å². The molecule has 0 radical (unpaired) electrons. The molecule has 1 aliphatic heterocycles. The summed E-state index contributed by atoms with van der Waals surface area (Å²) >= 11 is 0. The standard InChI is InChI=1S/C18H20F3N5O2/c1-25-10-13(15(24-25)18(19,20)21)17(28)23-12-5-2-4-11(8-12)9-26-7-3-6-14(26)16(22)27/h2,4-5,8,10,14H,3,6-7,9H2,1H3,(H2,22,27)(H,23,28). The highest BCUT2D eigenvalue weighted by molar-refractivity contribution is 6.05. The summed E-state index contributed by atoms with van der Waals surface area (Å²) in [4.78, 5) is 25.8. The molecule has 150 valence electrons. The van der Waals surface area contributed by atoms with E-state index in [1.54, 1.807) is 18.2 Å². The van der Waals surface area contributed by atoms with Crippen LogP contribution in [-0.2, 0) is 24.6 Å². The van der Waals surface area contributed by atoms with Crippen LogP contribution in [0.3, 0.4) is 0 Å². The lowest BCUT2D eigenvalue weighted by Crippen LogP contribution is -2.39. The molecule has 3 rings (SSSR count). The number of nitrogens with zero attached hydrogens (tertiary/aromatic N) is 3. The molecule has 3 N–H and O–H groups in total. The summed E-state index contributed by atoms with van der Waals surface area (Å²) in [5, 5.41) is 5.82. The lowest BCUT2D eigenvalue weighted by Gasteiger charge is -2.22. The minimum Gasteiger partial charge on any atom is -0.368 e. The number of hydrogen-bond acceptors (Lipinski definition) is 4. The van der Waals surface area contributed by atoms with Crippen LogP contribution in [0, 0.1) is 0 Å². The van der Waals surface area contributed by atoms with E-state index in [-0.39, 0.29) is 11.9 Å². The molecule has 28 heavy (non-hydrogen) atoms. The monoisotopic (exact) mass is 395 g/mol. The minimum atomic E-state index is -4.73. The van der Waals surface area contributed by atoms with Crippen molar-refractivity contribution in [3.63, 3.8) is 0 Å². The first-order chi connectivity index (χ1) is 13.1. The van der Waals surface area contributed by atoms with Crippen LogP contribution in [0.25, 0.3) is 0 Å². The SMILES string of the molecule is Cn1cc(C(=O)Nc2cccc(CN3CCCC3C(N)=O)c2)c(C(F)(F)F)n1. The highest BCUT2D eigenvalue weighted by Gasteiger charge is 2.39. The van der Waals surface area contributed by atoms with Gasteiger partial charge in [-0.05, 0) is 37.1 Å². The molecule has 1 aliphatic rings. The molecule has 1 aromatic carbocycles. The van der Waals surface area contributed by atoms with Gasteiger partial charge in [-0.2, -0.15) is 18.3 Å². The topological polar surface area (TPSA) is 93.3 Å². The van der Waals surface area contributed by atoms with Crippen LogP contribution in [0.4, 0.5) is 18.9 Å². The van der Waals surface area contributed by atoms with E-state index in [1.165, 1.54) is 7.05 Å². The van der Waals surface area contributed by atoms with Crippen molar-refractivity contribution >= 4 is 17.5 Å². The largest absolute Gasteiger partial charge is 0.435 e. The number of hydrogen-bond donors (Lipinski definition) is 2. The second kappa shape index (κ2) is 7.63. The van der Waals surface area contributed by atoms with Gasteiger partial charge in [0.15, 0.2) is 5.69 Å². The van der Waals surface area contributed by atoms with Gasteiger partial charge in [0, 0.05) is 25.5 Å². The quantitative estimate of drug-likeness (QED) is 0.811. The van der Waals surface area contributed by atoms with Gasteiger partial charge in [-0.3, -0.25) is 19.2 Å². The number of primary amides is 1. The van der Waals surface area contributed by atoms with Gasteiger partial charge in [-0.25, -0.2) is 0 Å². The number of rotatable bonds is 5. The molecule has 2 heterocycles. The van der Waals surface area contributed by atoms with Crippen molar-refractivity contribution < 1.29 is 22.8 Å². The van der Waals surface area contributed by atoms with Crippen LogP contribution in [0.2, 0.25) is 0 Å². The minimum absolute atomic E-state index is 0.331. The van der Waals surface area contributed by atoms with Gasteiger partial charge in [0.1, 0.15) is 0 Å². The van der Waals surface area contributed by atoms with Gasteiger partial charge in [-0.1, -0.05) is 12.1 Å². The summed E-state index contributed by atoms with van der Waals surface area (Å²) in [6.07, 6.45) is -2.13. The number of nitrogens with two attached hydrogens (primary N) is 1. The van der Waals surface area contributed by atoms with E-state index in [9.17, 15) is 22.8 Å². The smallest absolute Gasteiger partial charge is 0.368 e. The van der Waals surface area contributed by atoms with Crippen LogP contribution in [0.1, 0.15) is 34.5 Å². The Balaban J connectivity index is 1.75. The van der Waals surface area contributed by atoms with E-state index in [0.717, 1.165) is 29.4 Å².